The normalized spacial score (nSPS) is 11.9. The van der Waals surface area contributed by atoms with Crippen LogP contribution in [-0.4, -0.2) is 24.1 Å². The third-order valence-corrected chi connectivity index (χ3v) is 12.4. The van der Waals surface area contributed by atoms with Crippen molar-refractivity contribution in [3.8, 4) is 45.5 Å². The minimum absolute atomic E-state index is 0.581. The Morgan fingerprint density at radius 3 is 1.63 bits per heavy atom. The highest BCUT2D eigenvalue weighted by atomic mass is 32.1. The van der Waals surface area contributed by atoms with Crippen molar-refractivity contribution in [2.45, 2.75) is 0 Å². The van der Waals surface area contributed by atoms with Crippen molar-refractivity contribution in [3.63, 3.8) is 0 Å². The van der Waals surface area contributed by atoms with Gasteiger partial charge in [0, 0.05) is 58.5 Å². The van der Waals surface area contributed by atoms with Gasteiger partial charge >= 0.3 is 0 Å². The smallest absolute Gasteiger partial charge is 0.238 e. The second-order valence-corrected chi connectivity index (χ2v) is 15.5. The summed E-state index contributed by atoms with van der Waals surface area (Å²) in [5, 5.41) is 7.10. The Morgan fingerprint density at radius 2 is 0.895 bits per heavy atom. The van der Waals surface area contributed by atoms with Crippen LogP contribution in [0.1, 0.15) is 0 Å². The highest BCUT2D eigenvalue weighted by Crippen LogP contribution is 2.42. The van der Waals surface area contributed by atoms with Gasteiger partial charge in [0.25, 0.3) is 0 Å². The Kier molecular flexibility index (Phi) is 7.03. The maximum Gasteiger partial charge on any atom is 0.238 e. The van der Waals surface area contributed by atoms with Crippen molar-refractivity contribution in [1.29, 1.82) is 0 Å². The second-order valence-electron chi connectivity index (χ2n) is 14.4. The second kappa shape index (κ2) is 12.6. The van der Waals surface area contributed by atoms with E-state index in [4.69, 9.17) is 15.0 Å². The molecule has 0 atom stereocenters. The number of rotatable bonds is 5. The monoisotopic (exact) mass is 745 g/mol. The molecule has 6 heteroatoms. The first kappa shape index (κ1) is 31.9. The van der Waals surface area contributed by atoms with Gasteiger partial charge in [-0.3, -0.25) is 4.57 Å². The number of hydrogen-bond donors (Lipinski definition) is 0. The van der Waals surface area contributed by atoms with Gasteiger partial charge in [0.15, 0.2) is 11.6 Å². The Hall–Kier alpha value is -7.41. The molecule has 266 valence electrons. The van der Waals surface area contributed by atoms with Crippen LogP contribution in [0.4, 0.5) is 0 Å². The summed E-state index contributed by atoms with van der Waals surface area (Å²) in [6.07, 6.45) is 0. The topological polar surface area (TPSA) is 48.5 Å². The van der Waals surface area contributed by atoms with Gasteiger partial charge in [-0.1, -0.05) is 140 Å². The molecule has 5 nitrogen and oxygen atoms in total. The highest BCUT2D eigenvalue weighted by Gasteiger charge is 2.22. The Labute approximate surface area is 331 Å². The van der Waals surface area contributed by atoms with E-state index in [0.29, 0.717) is 17.6 Å². The zero-order valence-electron chi connectivity index (χ0n) is 30.5. The molecule has 0 amide bonds. The molecule has 0 aliphatic heterocycles. The van der Waals surface area contributed by atoms with Crippen molar-refractivity contribution in [2.75, 3.05) is 0 Å². The molecule has 0 unspecified atom stereocenters. The summed E-state index contributed by atoms with van der Waals surface area (Å²) >= 11 is 1.79. The molecular weight excluding hydrogens is 715 g/mol. The summed E-state index contributed by atoms with van der Waals surface area (Å²) in [6, 6.07) is 66.7. The molecule has 57 heavy (non-hydrogen) atoms. The van der Waals surface area contributed by atoms with Crippen molar-refractivity contribution in [3.05, 3.63) is 188 Å². The molecule has 0 saturated heterocycles. The van der Waals surface area contributed by atoms with E-state index in [1.807, 2.05) is 6.07 Å². The average Bonchev–Trinajstić information content (AvgIpc) is 3.93. The van der Waals surface area contributed by atoms with Crippen molar-refractivity contribution in [1.82, 2.24) is 24.1 Å². The van der Waals surface area contributed by atoms with E-state index in [9.17, 15) is 0 Å². The first-order chi connectivity index (χ1) is 28.3. The van der Waals surface area contributed by atoms with Gasteiger partial charge in [0.1, 0.15) is 0 Å². The van der Waals surface area contributed by atoms with Crippen LogP contribution in [0, 0.1) is 0 Å². The molecule has 0 spiro atoms. The number of fused-ring (bicyclic) bond motifs is 9. The molecular formula is C51H31N5S. The lowest BCUT2D eigenvalue weighted by Crippen LogP contribution is -2.06. The zero-order chi connectivity index (χ0) is 37.5. The first-order valence-corrected chi connectivity index (χ1v) is 19.9. The quantitative estimate of drug-likeness (QED) is 0.176. The lowest BCUT2D eigenvalue weighted by molar-refractivity contribution is 0.955. The first-order valence-electron chi connectivity index (χ1n) is 19.1. The van der Waals surface area contributed by atoms with Crippen LogP contribution < -0.4 is 0 Å². The summed E-state index contributed by atoms with van der Waals surface area (Å²) in [5.74, 6) is 1.85. The van der Waals surface area contributed by atoms with E-state index in [1.165, 1.54) is 42.0 Å². The lowest BCUT2D eigenvalue weighted by atomic mass is 10.0. The third-order valence-electron chi connectivity index (χ3n) is 11.2. The number of benzene rings is 8. The van der Waals surface area contributed by atoms with E-state index in [2.05, 4.69) is 191 Å². The summed E-state index contributed by atoms with van der Waals surface area (Å²) in [4.78, 5) is 16.0. The summed E-state index contributed by atoms with van der Waals surface area (Å²) in [5.41, 5.74) is 9.78. The molecule has 12 aromatic rings. The predicted octanol–water partition coefficient (Wildman–Crippen LogP) is 13.4. The van der Waals surface area contributed by atoms with Crippen molar-refractivity contribution in [2.24, 2.45) is 0 Å². The van der Waals surface area contributed by atoms with Crippen LogP contribution in [-0.2, 0) is 0 Å². The van der Waals surface area contributed by atoms with Gasteiger partial charge in [-0.2, -0.15) is 9.97 Å². The average molecular weight is 746 g/mol. The molecule has 12 rings (SSSR count). The molecule has 8 aromatic carbocycles. The number of nitrogens with zero attached hydrogens (tertiary/aromatic N) is 5. The lowest BCUT2D eigenvalue weighted by Gasteiger charge is -2.12. The summed E-state index contributed by atoms with van der Waals surface area (Å²) < 4.78 is 7.02. The van der Waals surface area contributed by atoms with Gasteiger partial charge < -0.3 is 4.57 Å². The minimum atomic E-state index is 0.581. The van der Waals surface area contributed by atoms with Crippen LogP contribution >= 0.6 is 11.3 Å². The fourth-order valence-electron chi connectivity index (χ4n) is 8.58. The number of para-hydroxylation sites is 3. The van der Waals surface area contributed by atoms with Crippen LogP contribution in [0.5, 0.6) is 0 Å². The molecule has 0 aliphatic carbocycles. The minimum Gasteiger partial charge on any atom is -0.309 e. The van der Waals surface area contributed by atoms with Gasteiger partial charge in [-0.15, -0.1) is 11.3 Å². The predicted molar refractivity (Wildman–Crippen MR) is 238 cm³/mol. The molecule has 4 aromatic heterocycles. The van der Waals surface area contributed by atoms with E-state index in [-0.39, 0.29) is 0 Å². The molecule has 0 aliphatic rings. The summed E-state index contributed by atoms with van der Waals surface area (Å²) in [6.45, 7) is 0. The molecule has 0 radical (unpaired) electrons. The Balaban J connectivity index is 1.15. The van der Waals surface area contributed by atoms with Gasteiger partial charge in [0.2, 0.25) is 5.95 Å². The standard InChI is InChI=1S/C51H31N5S/c1-3-14-32(15-4-1)33-26-28-34(29-27-33)49-52-50(40-22-13-21-39-38-20-9-12-25-47(38)57-48(39)40)54-51(53-49)56-44-24-11-8-19-37(44)42-30-45-41(31-46(42)56)36-18-7-10-23-43(36)55(45)35-16-5-2-6-17-35/h1-31H. The van der Waals surface area contributed by atoms with Gasteiger partial charge in [-0.25, -0.2) is 4.98 Å². The van der Waals surface area contributed by atoms with Crippen molar-refractivity contribution >= 4 is 75.1 Å². The fourth-order valence-corrected chi connectivity index (χ4v) is 9.79. The third kappa shape index (κ3) is 4.98. The Bertz CT molecular complexity index is 3510. The van der Waals surface area contributed by atoms with Crippen LogP contribution in [0.25, 0.3) is 109 Å². The maximum atomic E-state index is 5.39. The maximum absolute atomic E-state index is 5.39. The molecule has 0 N–H and O–H groups in total. The molecule has 0 saturated carbocycles. The number of thiophene rings is 1. The SMILES string of the molecule is c1ccc(-c2ccc(-c3nc(-c4cccc5c4sc4ccccc45)nc(-n4c5ccccc5c5cc6c(cc54)c4ccccc4n6-c4ccccc4)n3)cc2)cc1. The summed E-state index contributed by atoms with van der Waals surface area (Å²) in [7, 11) is 0. The van der Waals surface area contributed by atoms with Crippen molar-refractivity contribution < 1.29 is 0 Å². The van der Waals surface area contributed by atoms with E-state index < -0.39 is 0 Å². The van der Waals surface area contributed by atoms with E-state index in [0.717, 1.165) is 49.7 Å². The fraction of sp³-hybridized carbons (Fsp3) is 0. The molecule has 0 fully saturated rings. The number of aromatic nitrogens is 5. The van der Waals surface area contributed by atoms with E-state index in [1.54, 1.807) is 11.3 Å². The highest BCUT2D eigenvalue weighted by molar-refractivity contribution is 7.26. The molecule has 0 bridgehead atoms. The van der Waals surface area contributed by atoms with Crippen LogP contribution in [0.15, 0.2) is 188 Å². The Morgan fingerprint density at radius 1 is 0.351 bits per heavy atom. The number of hydrogen-bond acceptors (Lipinski definition) is 4. The van der Waals surface area contributed by atoms with Gasteiger partial charge in [0.05, 0.1) is 22.1 Å². The molecule has 4 heterocycles. The van der Waals surface area contributed by atoms with Crippen LogP contribution in [0.3, 0.4) is 0 Å². The van der Waals surface area contributed by atoms with Gasteiger partial charge in [-0.05, 0) is 59.7 Å². The van der Waals surface area contributed by atoms with Crippen LogP contribution in [0.2, 0.25) is 0 Å². The zero-order valence-corrected chi connectivity index (χ0v) is 31.4. The largest absolute Gasteiger partial charge is 0.309 e. The van der Waals surface area contributed by atoms with E-state index >= 15 is 0 Å².